The van der Waals surface area contributed by atoms with Crippen LogP contribution in [-0.4, -0.2) is 42.4 Å². The number of benzene rings is 4. The number of rotatable bonds is 13. The average molecular weight is 738 g/mol. The van der Waals surface area contributed by atoms with E-state index in [-0.39, 0.29) is 34.0 Å². The summed E-state index contributed by atoms with van der Waals surface area (Å²) in [6.45, 7) is -0.146. The highest BCUT2D eigenvalue weighted by Gasteiger charge is 2.27. The maximum absolute atomic E-state index is 13.8. The Kier molecular flexibility index (Phi) is 10.9. The molecule has 11 nitrogen and oxygen atoms in total. The van der Waals surface area contributed by atoms with Crippen LogP contribution in [0.3, 0.4) is 0 Å². The number of hydrogen-bond donors (Lipinski definition) is 5. The van der Waals surface area contributed by atoms with Gasteiger partial charge in [-0.1, -0.05) is 42.5 Å². The molecule has 1 aliphatic carbocycles. The number of carboxylic acid groups (broad SMARTS) is 2. The molecule has 52 heavy (non-hydrogen) atoms. The molecule has 2 amide bonds. The van der Waals surface area contributed by atoms with Crippen LogP contribution in [0.15, 0.2) is 102 Å². The van der Waals surface area contributed by atoms with E-state index in [0.29, 0.717) is 28.2 Å². The fourth-order valence-electron chi connectivity index (χ4n) is 6.00. The Bertz CT molecular complexity index is 2260. The van der Waals surface area contributed by atoms with Crippen molar-refractivity contribution in [1.82, 2.24) is 4.72 Å². The van der Waals surface area contributed by atoms with Gasteiger partial charge in [-0.05, 0) is 115 Å². The summed E-state index contributed by atoms with van der Waals surface area (Å²) >= 11 is 1.35. The Labute approximate surface area is 304 Å². The molecule has 0 radical (unpaired) electrons. The van der Waals surface area contributed by atoms with Crippen molar-refractivity contribution >= 4 is 55.8 Å². The van der Waals surface area contributed by atoms with Gasteiger partial charge >= 0.3 is 11.9 Å². The third kappa shape index (κ3) is 8.62. The second-order valence-electron chi connectivity index (χ2n) is 12.4. The van der Waals surface area contributed by atoms with Gasteiger partial charge in [0.25, 0.3) is 11.8 Å². The van der Waals surface area contributed by atoms with Gasteiger partial charge in [0.05, 0.1) is 21.6 Å². The van der Waals surface area contributed by atoms with Gasteiger partial charge in [0.1, 0.15) is 5.00 Å². The highest BCUT2D eigenvalue weighted by molar-refractivity contribution is 7.89. The third-order valence-corrected chi connectivity index (χ3v) is 11.4. The van der Waals surface area contributed by atoms with E-state index < -0.39 is 27.9 Å². The number of aromatic carboxylic acids is 2. The van der Waals surface area contributed by atoms with E-state index in [0.717, 1.165) is 53.7 Å². The van der Waals surface area contributed by atoms with Crippen LogP contribution in [0.25, 0.3) is 0 Å². The van der Waals surface area contributed by atoms with Crippen molar-refractivity contribution in [3.05, 3.63) is 146 Å². The first-order valence-corrected chi connectivity index (χ1v) is 18.9. The van der Waals surface area contributed by atoms with Gasteiger partial charge in [0.15, 0.2) is 0 Å². The number of amides is 2. The number of nitrogens with one attached hydrogen (secondary N) is 3. The van der Waals surface area contributed by atoms with E-state index in [4.69, 9.17) is 5.11 Å². The molecule has 266 valence electrons. The molecule has 0 saturated heterocycles. The van der Waals surface area contributed by atoms with Gasteiger partial charge in [-0.2, -0.15) is 0 Å². The van der Waals surface area contributed by atoms with Crippen LogP contribution >= 0.6 is 11.3 Å². The molecule has 0 unspecified atom stereocenters. The van der Waals surface area contributed by atoms with Crippen molar-refractivity contribution in [3.63, 3.8) is 0 Å². The molecular weight excluding hydrogens is 703 g/mol. The van der Waals surface area contributed by atoms with Crippen LogP contribution < -0.4 is 15.4 Å². The summed E-state index contributed by atoms with van der Waals surface area (Å²) in [5.74, 6) is -3.01. The minimum atomic E-state index is -4.06. The molecule has 0 spiro atoms. The Balaban J connectivity index is 1.13. The Morgan fingerprint density at radius 1 is 0.654 bits per heavy atom. The molecule has 4 aromatic carbocycles. The van der Waals surface area contributed by atoms with Gasteiger partial charge in [-0.15, -0.1) is 11.3 Å². The summed E-state index contributed by atoms with van der Waals surface area (Å²) in [5.41, 5.74) is 4.78. The van der Waals surface area contributed by atoms with Crippen molar-refractivity contribution < 1.29 is 37.8 Å². The number of carbonyl (C=O) groups is 4. The molecule has 1 aliphatic rings. The summed E-state index contributed by atoms with van der Waals surface area (Å²) in [4.78, 5) is 50.6. The Morgan fingerprint density at radius 3 is 1.98 bits per heavy atom. The predicted octanol–water partition coefficient (Wildman–Crippen LogP) is 6.79. The number of thiophene rings is 1. The van der Waals surface area contributed by atoms with Crippen molar-refractivity contribution in [2.45, 2.75) is 50.0 Å². The number of carbonyl (C=O) groups excluding carboxylic acids is 2. The van der Waals surface area contributed by atoms with E-state index >= 15 is 0 Å². The average Bonchev–Trinajstić information content (AvgIpc) is 3.52. The van der Waals surface area contributed by atoms with Crippen LogP contribution in [0.5, 0.6) is 0 Å². The smallest absolute Gasteiger partial charge is 0.335 e. The first kappa shape index (κ1) is 36.2. The lowest BCUT2D eigenvalue weighted by molar-refractivity contribution is 0.0686. The fourth-order valence-corrected chi connectivity index (χ4v) is 8.35. The highest BCUT2D eigenvalue weighted by atomic mass is 32.2. The molecule has 6 rings (SSSR count). The van der Waals surface area contributed by atoms with Crippen molar-refractivity contribution in [2.24, 2.45) is 0 Å². The zero-order chi connectivity index (χ0) is 36.8. The van der Waals surface area contributed by atoms with Gasteiger partial charge in [0.2, 0.25) is 10.0 Å². The Morgan fingerprint density at radius 2 is 1.29 bits per heavy atom. The predicted molar refractivity (Wildman–Crippen MR) is 198 cm³/mol. The summed E-state index contributed by atoms with van der Waals surface area (Å²) in [6.07, 6.45) is 4.84. The van der Waals surface area contributed by atoms with E-state index in [1.54, 1.807) is 30.3 Å². The maximum atomic E-state index is 13.8. The van der Waals surface area contributed by atoms with Gasteiger partial charge in [0, 0.05) is 22.7 Å². The van der Waals surface area contributed by atoms with Crippen LogP contribution in [0, 0.1) is 0 Å². The molecule has 0 bridgehead atoms. The van der Waals surface area contributed by atoms with Crippen molar-refractivity contribution in [2.75, 3.05) is 10.6 Å². The van der Waals surface area contributed by atoms with E-state index in [9.17, 15) is 32.7 Å². The van der Waals surface area contributed by atoms with Gasteiger partial charge < -0.3 is 20.8 Å². The first-order valence-electron chi connectivity index (χ1n) is 16.6. The second-order valence-corrected chi connectivity index (χ2v) is 15.3. The number of carboxylic acids is 2. The molecule has 0 atom stereocenters. The maximum Gasteiger partial charge on any atom is 0.335 e. The minimum absolute atomic E-state index is 0.0346. The lowest BCUT2D eigenvalue weighted by Crippen LogP contribution is -2.24. The SMILES string of the molecule is O=C(O)c1ccc(CCc2ccc(NC(=O)c3c(NC(=O)c4cccc(S(=O)(=O)NCc5cccc(C(=O)O)c5)c4)sc4c3CCCC4)cc2)cc1. The zero-order valence-electron chi connectivity index (χ0n) is 27.8. The molecule has 0 aliphatic heterocycles. The molecule has 1 heterocycles. The van der Waals surface area contributed by atoms with Crippen LogP contribution in [0.1, 0.15) is 81.4 Å². The van der Waals surface area contributed by atoms with Gasteiger partial charge in [-0.3, -0.25) is 9.59 Å². The Hall–Kier alpha value is -5.63. The lowest BCUT2D eigenvalue weighted by atomic mass is 9.95. The second kappa shape index (κ2) is 15.7. The van der Waals surface area contributed by atoms with Crippen LogP contribution in [-0.2, 0) is 42.3 Å². The molecular formula is C39H35N3O8S2. The zero-order valence-corrected chi connectivity index (χ0v) is 29.5. The summed E-state index contributed by atoms with van der Waals surface area (Å²) < 4.78 is 28.7. The quantitative estimate of drug-likeness (QED) is 0.0876. The number of anilines is 2. The molecule has 0 fully saturated rings. The van der Waals surface area contributed by atoms with Gasteiger partial charge in [-0.25, -0.2) is 22.7 Å². The topological polar surface area (TPSA) is 179 Å². The van der Waals surface area contributed by atoms with Crippen LogP contribution in [0.2, 0.25) is 0 Å². The van der Waals surface area contributed by atoms with E-state index in [1.165, 1.54) is 53.8 Å². The third-order valence-electron chi connectivity index (χ3n) is 8.79. The highest BCUT2D eigenvalue weighted by Crippen LogP contribution is 2.39. The largest absolute Gasteiger partial charge is 0.478 e. The molecule has 13 heteroatoms. The molecule has 5 aromatic rings. The van der Waals surface area contributed by atoms with Crippen molar-refractivity contribution in [1.29, 1.82) is 0 Å². The van der Waals surface area contributed by atoms with E-state index in [1.807, 2.05) is 24.3 Å². The number of fused-ring (bicyclic) bond motifs is 1. The summed E-state index contributed by atoms with van der Waals surface area (Å²) in [7, 11) is -4.06. The summed E-state index contributed by atoms with van der Waals surface area (Å²) in [6, 6.07) is 25.8. The molecule has 5 N–H and O–H groups in total. The standard InChI is InChI=1S/C39H35N3O8S2/c43-35(28-6-4-8-31(22-28)52(49,50)40-23-26-5-3-7-29(21-26)39(47)48)42-37-34(32-9-1-2-10-33(32)51-37)36(44)41-30-19-15-25(16-20-30)12-11-24-13-17-27(18-14-24)38(45)46/h3-8,13-22,40H,1-2,9-12,23H2,(H,41,44)(H,42,43)(H,45,46)(H,47,48). The first-order chi connectivity index (χ1) is 25.0. The summed E-state index contributed by atoms with van der Waals surface area (Å²) in [5, 5.41) is 24.6. The number of sulfonamides is 1. The lowest BCUT2D eigenvalue weighted by Gasteiger charge is -2.14. The van der Waals surface area contributed by atoms with Crippen molar-refractivity contribution in [3.8, 4) is 0 Å². The monoisotopic (exact) mass is 737 g/mol. The minimum Gasteiger partial charge on any atom is -0.478 e. The fraction of sp³-hybridized carbons (Fsp3) is 0.179. The molecule has 1 aromatic heterocycles. The number of hydrogen-bond acceptors (Lipinski definition) is 7. The van der Waals surface area contributed by atoms with E-state index in [2.05, 4.69) is 15.4 Å². The van der Waals surface area contributed by atoms with Crippen LogP contribution in [0.4, 0.5) is 10.7 Å². The number of aryl methyl sites for hydroxylation is 3. The normalized spacial score (nSPS) is 12.5. The molecule has 0 saturated carbocycles.